The highest BCUT2D eigenvalue weighted by Gasteiger charge is 2.48. The number of ether oxygens (including phenoxy) is 1. The van der Waals surface area contributed by atoms with E-state index in [0.717, 1.165) is 5.56 Å². The zero-order valence-electron chi connectivity index (χ0n) is 17.9. The molecule has 0 aromatic heterocycles. The number of oxime groups is 1. The van der Waals surface area contributed by atoms with Gasteiger partial charge in [-0.05, 0) is 30.0 Å². The molecule has 3 N–H and O–H groups in total. The van der Waals surface area contributed by atoms with E-state index < -0.39 is 24.6 Å². The first-order valence-electron chi connectivity index (χ1n) is 10.5. The normalized spacial score (nSPS) is 18.8. The lowest BCUT2D eigenvalue weighted by Gasteiger charge is -2.29. The van der Waals surface area contributed by atoms with Crippen LogP contribution in [0.5, 0.6) is 5.75 Å². The molecule has 2 aromatic carbocycles. The van der Waals surface area contributed by atoms with Gasteiger partial charge in [-0.1, -0.05) is 67.5 Å². The Morgan fingerprint density at radius 2 is 1.81 bits per heavy atom. The van der Waals surface area contributed by atoms with Crippen molar-refractivity contribution in [2.45, 2.75) is 44.7 Å². The molecule has 0 spiro atoms. The molecule has 164 valence electrons. The lowest BCUT2D eigenvalue weighted by Crippen LogP contribution is -2.56. The molecule has 0 saturated carbocycles. The van der Waals surface area contributed by atoms with E-state index in [4.69, 9.17) is 9.57 Å². The van der Waals surface area contributed by atoms with E-state index >= 15 is 0 Å². The number of rotatable bonds is 10. The molecule has 1 aliphatic rings. The van der Waals surface area contributed by atoms with Crippen molar-refractivity contribution < 1.29 is 24.4 Å². The summed E-state index contributed by atoms with van der Waals surface area (Å²) in [4.78, 5) is 19.0. The van der Waals surface area contributed by atoms with Gasteiger partial charge in [-0.3, -0.25) is 4.79 Å². The highest BCUT2D eigenvalue weighted by Crippen LogP contribution is 2.30. The van der Waals surface area contributed by atoms with Gasteiger partial charge in [-0.2, -0.15) is 0 Å². The first-order chi connectivity index (χ1) is 14.9. The lowest BCUT2D eigenvalue weighted by atomic mass is 9.74. The number of hydrogen-bond acceptors (Lipinski definition) is 6. The van der Waals surface area contributed by atoms with Crippen molar-refractivity contribution in [3.8, 4) is 5.75 Å². The summed E-state index contributed by atoms with van der Waals surface area (Å²) in [5, 5.41) is 26.4. The maximum atomic E-state index is 13.3. The molecule has 1 amide bonds. The fourth-order valence-electron chi connectivity index (χ4n) is 3.59. The highest BCUT2D eigenvalue weighted by atomic mass is 16.7. The van der Waals surface area contributed by atoms with Gasteiger partial charge in [0.05, 0.1) is 11.7 Å². The van der Waals surface area contributed by atoms with Crippen LogP contribution in [0.15, 0.2) is 65.8 Å². The summed E-state index contributed by atoms with van der Waals surface area (Å²) in [6.07, 6.45) is 0.972. The molecule has 7 nitrogen and oxygen atoms in total. The average Bonchev–Trinajstić information content (AvgIpc) is 3.17. The number of hydrogen-bond donors (Lipinski definition) is 3. The number of carbonyl (C=O) groups is 1. The molecule has 0 saturated heterocycles. The van der Waals surface area contributed by atoms with Crippen molar-refractivity contribution in [1.82, 2.24) is 5.32 Å². The monoisotopic (exact) mass is 424 g/mol. The van der Waals surface area contributed by atoms with Crippen LogP contribution in [0.2, 0.25) is 0 Å². The third-order valence-corrected chi connectivity index (χ3v) is 5.14. The summed E-state index contributed by atoms with van der Waals surface area (Å²) < 4.78 is 5.76. The summed E-state index contributed by atoms with van der Waals surface area (Å²) in [6, 6.07) is 18.9. The number of nitrogens with zero attached hydrogens (tertiary/aromatic N) is 1. The molecule has 8 heteroatoms. The van der Waals surface area contributed by atoms with Crippen LogP contribution in [0.1, 0.15) is 32.3 Å². The molecule has 0 bridgehead atoms. The minimum absolute atomic E-state index is 0.174. The van der Waals surface area contributed by atoms with Crippen molar-refractivity contribution in [1.29, 1.82) is 0 Å². The van der Waals surface area contributed by atoms with E-state index in [0.29, 0.717) is 24.3 Å². The maximum absolute atomic E-state index is 13.3. The molecular weight excluding hydrogens is 395 g/mol. The zero-order chi connectivity index (χ0) is 22.3. The maximum Gasteiger partial charge on any atom is 0.475 e. The molecule has 1 aliphatic heterocycles. The molecule has 2 atom stereocenters. The second-order valence-corrected chi connectivity index (χ2v) is 8.31. The Labute approximate surface area is 183 Å². The van der Waals surface area contributed by atoms with Crippen LogP contribution >= 0.6 is 0 Å². The summed E-state index contributed by atoms with van der Waals surface area (Å²) in [6.45, 7) is 4.11. The second kappa shape index (κ2) is 10.5. The van der Waals surface area contributed by atoms with E-state index in [1.54, 1.807) is 0 Å². The Kier molecular flexibility index (Phi) is 7.71. The number of benzene rings is 2. The zero-order valence-corrected chi connectivity index (χ0v) is 17.9. The van der Waals surface area contributed by atoms with E-state index in [9.17, 15) is 14.8 Å². The van der Waals surface area contributed by atoms with E-state index in [1.807, 2.05) is 74.5 Å². The van der Waals surface area contributed by atoms with E-state index in [2.05, 4.69) is 10.5 Å². The fraction of sp³-hybridized carbons (Fsp3) is 0.391. The van der Waals surface area contributed by atoms with Gasteiger partial charge in [0.2, 0.25) is 5.60 Å². The Morgan fingerprint density at radius 1 is 1.16 bits per heavy atom. The van der Waals surface area contributed by atoms with Crippen LogP contribution < -0.4 is 10.1 Å². The topological polar surface area (TPSA) is 100 Å². The Bertz CT molecular complexity index is 876. The van der Waals surface area contributed by atoms with Gasteiger partial charge in [-0.25, -0.2) is 0 Å². The minimum Gasteiger partial charge on any atom is -0.488 e. The molecule has 2 unspecified atom stereocenters. The van der Waals surface area contributed by atoms with Crippen molar-refractivity contribution in [3.05, 3.63) is 66.2 Å². The Morgan fingerprint density at radius 3 is 2.42 bits per heavy atom. The molecule has 0 radical (unpaired) electrons. The van der Waals surface area contributed by atoms with Gasteiger partial charge in [0.15, 0.2) is 0 Å². The van der Waals surface area contributed by atoms with E-state index in [1.165, 1.54) is 0 Å². The summed E-state index contributed by atoms with van der Waals surface area (Å²) in [5.41, 5.74) is 0.254. The first-order valence-corrected chi connectivity index (χ1v) is 10.5. The van der Waals surface area contributed by atoms with Gasteiger partial charge >= 0.3 is 7.12 Å². The van der Waals surface area contributed by atoms with Crippen LogP contribution in [0.3, 0.4) is 0 Å². The molecule has 0 fully saturated rings. The van der Waals surface area contributed by atoms with Crippen LogP contribution in [-0.2, 0) is 16.1 Å². The van der Waals surface area contributed by atoms with Crippen molar-refractivity contribution in [2.24, 2.45) is 11.1 Å². The minimum atomic E-state index is -1.66. The number of para-hydroxylation sites is 1. The molecule has 3 rings (SSSR count). The third kappa shape index (κ3) is 6.32. The van der Waals surface area contributed by atoms with Crippen LogP contribution in [0.25, 0.3) is 0 Å². The number of nitrogens with one attached hydrogen (secondary N) is 1. The second-order valence-electron chi connectivity index (χ2n) is 8.31. The fourth-order valence-corrected chi connectivity index (χ4v) is 3.59. The molecule has 0 aliphatic carbocycles. The Balaban J connectivity index is 1.74. The highest BCUT2D eigenvalue weighted by molar-refractivity contribution is 6.43. The van der Waals surface area contributed by atoms with Crippen molar-refractivity contribution >= 4 is 18.7 Å². The lowest BCUT2D eigenvalue weighted by molar-refractivity contribution is -0.144. The summed E-state index contributed by atoms with van der Waals surface area (Å²) >= 11 is 0. The molecule has 31 heavy (non-hydrogen) atoms. The van der Waals surface area contributed by atoms with Gasteiger partial charge < -0.3 is 24.9 Å². The molecular formula is C23H29BN2O5. The van der Waals surface area contributed by atoms with Gasteiger partial charge in [0, 0.05) is 12.8 Å². The number of amides is 1. The van der Waals surface area contributed by atoms with Crippen LogP contribution in [0.4, 0.5) is 0 Å². The summed E-state index contributed by atoms with van der Waals surface area (Å²) in [5.74, 6) is -0.342. The number of carbonyl (C=O) groups excluding carboxylic acids is 1. The van der Waals surface area contributed by atoms with E-state index in [-0.39, 0.29) is 18.9 Å². The molecule has 2 aromatic rings. The first kappa shape index (κ1) is 22.8. The quantitative estimate of drug-likeness (QED) is 0.509. The van der Waals surface area contributed by atoms with Crippen molar-refractivity contribution in [3.63, 3.8) is 0 Å². The standard InChI is InChI=1S/C23H29BN2O5/c1-17(2)13-21(24(28)29)25-22(27)23(14-18-9-5-3-6-10-18)15-19(26-31-23)16-30-20-11-7-4-8-12-20/h3-12,17,21,28-29H,13-16H2,1-2H3,(H,25,27). The SMILES string of the molecule is CC(C)CC(NC(=O)C1(Cc2ccccc2)CC(COc2ccccc2)=NO1)B(O)O. The van der Waals surface area contributed by atoms with Gasteiger partial charge in [0.25, 0.3) is 5.91 Å². The van der Waals surface area contributed by atoms with Gasteiger partial charge in [-0.15, -0.1) is 0 Å². The smallest absolute Gasteiger partial charge is 0.475 e. The molecule has 1 heterocycles. The predicted octanol–water partition coefficient (Wildman–Crippen LogP) is 2.37. The average molecular weight is 424 g/mol. The largest absolute Gasteiger partial charge is 0.488 e. The van der Waals surface area contributed by atoms with Gasteiger partial charge in [0.1, 0.15) is 12.4 Å². The summed E-state index contributed by atoms with van der Waals surface area (Å²) in [7, 11) is -1.66. The third-order valence-electron chi connectivity index (χ3n) is 5.14. The van der Waals surface area contributed by atoms with Crippen molar-refractivity contribution in [2.75, 3.05) is 6.61 Å². The predicted molar refractivity (Wildman–Crippen MR) is 120 cm³/mol. The van der Waals surface area contributed by atoms with Crippen LogP contribution in [0, 0.1) is 5.92 Å². The Hall–Kier alpha value is -2.84. The van der Waals surface area contributed by atoms with Crippen LogP contribution in [-0.4, -0.2) is 46.9 Å².